The van der Waals surface area contributed by atoms with E-state index in [1.807, 2.05) is 20.8 Å². The van der Waals surface area contributed by atoms with Gasteiger partial charge in [0.25, 0.3) is 5.91 Å². The number of nitrogens with zero attached hydrogens (tertiary/aromatic N) is 5. The number of aliphatic carboxylic acids is 1. The predicted molar refractivity (Wildman–Crippen MR) is 149 cm³/mol. The molecule has 9 nitrogen and oxygen atoms in total. The topological polar surface area (TPSA) is 99.1 Å². The van der Waals surface area contributed by atoms with Crippen molar-refractivity contribution in [1.29, 1.82) is 0 Å². The maximum absolute atomic E-state index is 14.2. The lowest BCUT2D eigenvalue weighted by molar-refractivity contribution is -0.143. The van der Waals surface area contributed by atoms with Crippen molar-refractivity contribution in [3.05, 3.63) is 53.3 Å². The molecule has 1 aliphatic carbocycles. The van der Waals surface area contributed by atoms with Crippen LogP contribution in [0.15, 0.2) is 41.9 Å². The first-order chi connectivity index (χ1) is 19.2. The zero-order valence-corrected chi connectivity index (χ0v) is 23.5. The minimum absolute atomic E-state index is 0.0402. The number of carbonyl (C=O) groups excluding carboxylic acids is 1. The fourth-order valence-electron chi connectivity index (χ4n) is 6.29. The van der Waals surface area contributed by atoms with Crippen LogP contribution in [-0.4, -0.2) is 82.1 Å². The number of benzene rings is 1. The van der Waals surface area contributed by atoms with Crippen molar-refractivity contribution in [2.45, 2.75) is 52.5 Å². The Morgan fingerprint density at radius 2 is 1.80 bits per heavy atom. The fraction of sp³-hybridized carbons (Fsp3) is 0.533. The predicted octanol–water partition coefficient (Wildman–Crippen LogP) is 4.60. The van der Waals surface area contributed by atoms with E-state index < -0.39 is 11.8 Å². The molecule has 1 N–H and O–H groups in total. The van der Waals surface area contributed by atoms with Crippen molar-refractivity contribution in [3.8, 4) is 11.5 Å². The molecule has 0 bridgehead atoms. The van der Waals surface area contributed by atoms with E-state index >= 15 is 0 Å². The molecule has 1 saturated carbocycles. The monoisotopic (exact) mass is 551 g/mol. The van der Waals surface area contributed by atoms with Gasteiger partial charge in [-0.25, -0.2) is 14.4 Å². The molecule has 0 unspecified atom stereocenters. The molecule has 40 heavy (non-hydrogen) atoms. The van der Waals surface area contributed by atoms with Gasteiger partial charge in [-0.05, 0) is 81.7 Å². The van der Waals surface area contributed by atoms with E-state index in [1.54, 1.807) is 11.1 Å². The Balaban J connectivity index is 1.24. The third-order valence-corrected chi connectivity index (χ3v) is 8.38. The van der Waals surface area contributed by atoms with Gasteiger partial charge in [0.2, 0.25) is 0 Å². The number of ether oxygens (including phenoxy) is 1. The molecule has 1 aromatic carbocycles. The summed E-state index contributed by atoms with van der Waals surface area (Å²) in [5.74, 6) is 0.259. The molecule has 0 spiro atoms. The van der Waals surface area contributed by atoms with Gasteiger partial charge in [-0.3, -0.25) is 14.5 Å². The highest BCUT2D eigenvalue weighted by atomic mass is 19.1. The maximum Gasteiger partial charge on any atom is 0.306 e. The van der Waals surface area contributed by atoms with Gasteiger partial charge >= 0.3 is 5.97 Å². The van der Waals surface area contributed by atoms with Crippen LogP contribution in [0.1, 0.15) is 56.8 Å². The van der Waals surface area contributed by atoms with Crippen LogP contribution in [0.5, 0.6) is 11.5 Å². The average molecular weight is 552 g/mol. The minimum atomic E-state index is -0.658. The summed E-state index contributed by atoms with van der Waals surface area (Å²) in [4.78, 5) is 39.5. The van der Waals surface area contributed by atoms with Gasteiger partial charge in [-0.1, -0.05) is 0 Å². The van der Waals surface area contributed by atoms with E-state index in [-0.39, 0.29) is 29.2 Å². The molecule has 0 radical (unpaired) electrons. The number of rotatable bonds is 9. The molecule has 0 atom stereocenters. The van der Waals surface area contributed by atoms with E-state index in [0.29, 0.717) is 24.0 Å². The lowest BCUT2D eigenvalue weighted by Crippen LogP contribution is -2.36. The number of hydrogen-bond acceptors (Lipinski definition) is 7. The maximum atomic E-state index is 14.2. The number of aromatic nitrogens is 2. The number of carbonyl (C=O) groups is 2. The molecule has 1 aromatic heterocycles. The van der Waals surface area contributed by atoms with E-state index in [4.69, 9.17) is 4.74 Å². The van der Waals surface area contributed by atoms with Crippen molar-refractivity contribution in [3.63, 3.8) is 0 Å². The van der Waals surface area contributed by atoms with Crippen LogP contribution in [0.4, 0.5) is 10.2 Å². The summed E-state index contributed by atoms with van der Waals surface area (Å²) in [7, 11) is 0. The zero-order chi connectivity index (χ0) is 28.4. The quantitative estimate of drug-likeness (QED) is 0.452. The van der Waals surface area contributed by atoms with Gasteiger partial charge in [0.05, 0.1) is 17.7 Å². The molecule has 1 amide bonds. The second kappa shape index (κ2) is 11.9. The summed E-state index contributed by atoms with van der Waals surface area (Å²) >= 11 is 0. The van der Waals surface area contributed by atoms with Crippen molar-refractivity contribution in [2.75, 3.05) is 44.2 Å². The number of carboxylic acids is 1. The number of amides is 1. The largest absolute Gasteiger partial charge is 0.481 e. The minimum Gasteiger partial charge on any atom is -0.481 e. The van der Waals surface area contributed by atoms with Gasteiger partial charge in [-0.15, -0.1) is 0 Å². The first-order valence-electron chi connectivity index (χ1n) is 14.2. The van der Waals surface area contributed by atoms with Crippen LogP contribution in [0.2, 0.25) is 0 Å². The Morgan fingerprint density at radius 3 is 2.42 bits per heavy atom. The first-order valence-corrected chi connectivity index (χ1v) is 14.2. The smallest absolute Gasteiger partial charge is 0.306 e. The highest BCUT2D eigenvalue weighted by Gasteiger charge is 2.34. The Kier molecular flexibility index (Phi) is 8.35. The SMILES string of the molecule is CCN(C(=O)c1cc(F)ccc1Oc1cncnc1N1CC2=C(CN(CC3CCC(C(=O)O)CC3)C2)C1)C(C)C. The second-order valence-corrected chi connectivity index (χ2v) is 11.4. The molecule has 5 rings (SSSR count). The standard InChI is InChI=1S/C30H38FN5O4/c1-4-36(19(2)3)29(37)25-11-24(31)9-10-26(25)40-27-12-32-18-33-28(27)35-16-22-14-34(15-23(22)17-35)13-20-5-7-21(8-6-20)30(38)39/h9-12,18-21H,4-8,13-17H2,1-3H3,(H,38,39). The molecule has 0 saturated heterocycles. The van der Waals surface area contributed by atoms with E-state index in [1.165, 1.54) is 35.7 Å². The molecule has 3 heterocycles. The van der Waals surface area contributed by atoms with Crippen molar-refractivity contribution in [2.24, 2.45) is 11.8 Å². The molecular formula is C30H38FN5O4. The van der Waals surface area contributed by atoms with Crippen molar-refractivity contribution in [1.82, 2.24) is 19.8 Å². The number of hydrogen-bond donors (Lipinski definition) is 1. The number of halogens is 1. The van der Waals surface area contributed by atoms with Crippen molar-refractivity contribution < 1.29 is 23.8 Å². The van der Waals surface area contributed by atoms with Crippen LogP contribution in [0.3, 0.4) is 0 Å². The molecule has 10 heteroatoms. The van der Waals surface area contributed by atoms with Gasteiger partial charge in [0.1, 0.15) is 17.9 Å². The normalized spacial score (nSPS) is 21.2. The highest BCUT2D eigenvalue weighted by Crippen LogP contribution is 2.37. The Labute approximate surface area is 234 Å². The van der Waals surface area contributed by atoms with Crippen LogP contribution < -0.4 is 9.64 Å². The van der Waals surface area contributed by atoms with Crippen LogP contribution in [-0.2, 0) is 4.79 Å². The molecule has 3 aliphatic rings. The summed E-state index contributed by atoms with van der Waals surface area (Å²) in [6.45, 7) is 10.5. The van der Waals surface area contributed by atoms with Gasteiger partial charge < -0.3 is 19.6 Å². The molecule has 1 fully saturated rings. The van der Waals surface area contributed by atoms with Crippen LogP contribution >= 0.6 is 0 Å². The highest BCUT2D eigenvalue weighted by molar-refractivity contribution is 5.97. The van der Waals surface area contributed by atoms with E-state index in [9.17, 15) is 19.1 Å². The van der Waals surface area contributed by atoms with Crippen molar-refractivity contribution >= 4 is 17.7 Å². The zero-order valence-electron chi connectivity index (χ0n) is 23.5. The summed E-state index contributed by atoms with van der Waals surface area (Å²) in [5.41, 5.74) is 2.94. The molecule has 2 aromatic rings. The van der Waals surface area contributed by atoms with E-state index in [0.717, 1.165) is 58.4 Å². The van der Waals surface area contributed by atoms with Gasteiger partial charge in [-0.2, -0.15) is 0 Å². The van der Waals surface area contributed by atoms with E-state index in [2.05, 4.69) is 19.8 Å². The summed E-state index contributed by atoms with van der Waals surface area (Å²) in [6, 6.07) is 3.95. The molecule has 2 aliphatic heterocycles. The Hall–Kier alpha value is -3.53. The Morgan fingerprint density at radius 1 is 1.10 bits per heavy atom. The molecule has 214 valence electrons. The summed E-state index contributed by atoms with van der Waals surface area (Å²) in [6.07, 6.45) is 6.59. The second-order valence-electron chi connectivity index (χ2n) is 11.4. The lowest BCUT2D eigenvalue weighted by Gasteiger charge is -2.31. The molecular weight excluding hydrogens is 513 g/mol. The van der Waals surface area contributed by atoms with Crippen LogP contribution in [0.25, 0.3) is 0 Å². The third kappa shape index (κ3) is 5.96. The van der Waals surface area contributed by atoms with Gasteiger partial charge in [0.15, 0.2) is 11.6 Å². The first kappa shape index (κ1) is 28.0. The average Bonchev–Trinajstić information content (AvgIpc) is 3.49. The fourth-order valence-corrected chi connectivity index (χ4v) is 6.29. The van der Waals surface area contributed by atoms with Gasteiger partial charge in [0, 0.05) is 45.3 Å². The number of anilines is 1. The lowest BCUT2D eigenvalue weighted by atomic mass is 9.82. The number of carboxylic acid groups (broad SMARTS) is 1. The summed E-state index contributed by atoms with van der Waals surface area (Å²) in [5, 5.41) is 9.27. The Bertz CT molecular complexity index is 1270. The third-order valence-electron chi connectivity index (χ3n) is 8.38. The summed E-state index contributed by atoms with van der Waals surface area (Å²) < 4.78 is 20.4. The van der Waals surface area contributed by atoms with Crippen LogP contribution in [0, 0.1) is 17.7 Å².